The van der Waals surface area contributed by atoms with Gasteiger partial charge in [-0.3, -0.25) is 4.79 Å². The van der Waals surface area contributed by atoms with Crippen molar-refractivity contribution in [1.82, 2.24) is 9.80 Å². The Bertz CT molecular complexity index is 294. The molecule has 6 nitrogen and oxygen atoms in total. The Balaban J connectivity index is 4.54. The standard InChI is InChI=1S/C13H26N2O4/c1-10(2)8-15(6-7-19-5)13(18)14(4)9-11(3)12(16)17/h10-11H,6-9H2,1-5H3,(H,16,17). The molecule has 0 fully saturated rings. The Labute approximate surface area is 115 Å². The number of carboxylic acid groups (broad SMARTS) is 1. The number of methoxy groups -OCH3 is 1. The van der Waals surface area contributed by atoms with E-state index in [9.17, 15) is 9.59 Å². The highest BCUT2D eigenvalue weighted by Crippen LogP contribution is 2.06. The van der Waals surface area contributed by atoms with Gasteiger partial charge >= 0.3 is 12.0 Å². The Morgan fingerprint density at radius 1 is 1.21 bits per heavy atom. The van der Waals surface area contributed by atoms with Gasteiger partial charge in [-0.05, 0) is 5.92 Å². The minimum absolute atomic E-state index is 0.154. The summed E-state index contributed by atoms with van der Waals surface area (Å²) in [5, 5.41) is 8.87. The Morgan fingerprint density at radius 3 is 2.21 bits per heavy atom. The average Bonchev–Trinajstić information content (AvgIpc) is 2.32. The molecule has 0 saturated carbocycles. The third-order valence-electron chi connectivity index (χ3n) is 2.72. The maximum atomic E-state index is 12.2. The van der Waals surface area contributed by atoms with E-state index in [1.54, 1.807) is 26.0 Å². The predicted octanol–water partition coefficient (Wildman–Crippen LogP) is 1.36. The first-order chi connectivity index (χ1) is 8.79. The number of carboxylic acids is 1. The lowest BCUT2D eigenvalue weighted by Crippen LogP contribution is -2.46. The number of nitrogens with zero attached hydrogens (tertiary/aromatic N) is 2. The van der Waals surface area contributed by atoms with E-state index in [-0.39, 0.29) is 12.6 Å². The van der Waals surface area contributed by atoms with Gasteiger partial charge in [0.25, 0.3) is 0 Å². The zero-order valence-corrected chi connectivity index (χ0v) is 12.5. The molecular formula is C13H26N2O4. The van der Waals surface area contributed by atoms with Crippen LogP contribution in [0.4, 0.5) is 4.79 Å². The number of urea groups is 1. The highest BCUT2D eigenvalue weighted by atomic mass is 16.5. The molecule has 0 saturated heterocycles. The summed E-state index contributed by atoms with van der Waals surface area (Å²) in [5.41, 5.74) is 0. The number of ether oxygens (including phenoxy) is 1. The van der Waals surface area contributed by atoms with E-state index in [2.05, 4.69) is 0 Å². The number of hydrogen-bond donors (Lipinski definition) is 1. The highest BCUT2D eigenvalue weighted by Gasteiger charge is 2.22. The summed E-state index contributed by atoms with van der Waals surface area (Å²) in [7, 11) is 3.22. The SMILES string of the molecule is COCCN(CC(C)C)C(=O)N(C)CC(C)C(=O)O. The third kappa shape index (κ3) is 7.00. The van der Waals surface area contributed by atoms with Crippen LogP contribution in [-0.4, -0.2) is 67.3 Å². The molecule has 0 aliphatic carbocycles. The fourth-order valence-electron chi connectivity index (χ4n) is 1.72. The zero-order valence-electron chi connectivity index (χ0n) is 12.5. The molecule has 0 aliphatic heterocycles. The third-order valence-corrected chi connectivity index (χ3v) is 2.72. The molecule has 1 unspecified atom stereocenters. The van der Waals surface area contributed by atoms with Crippen LogP contribution in [0.3, 0.4) is 0 Å². The second kappa shape index (κ2) is 8.74. The number of carbonyl (C=O) groups is 2. The average molecular weight is 274 g/mol. The molecule has 0 radical (unpaired) electrons. The second-order valence-electron chi connectivity index (χ2n) is 5.24. The Morgan fingerprint density at radius 2 is 1.79 bits per heavy atom. The zero-order chi connectivity index (χ0) is 15.0. The maximum Gasteiger partial charge on any atom is 0.319 e. The van der Waals surface area contributed by atoms with Crippen molar-refractivity contribution in [2.45, 2.75) is 20.8 Å². The van der Waals surface area contributed by atoms with Crippen LogP contribution in [0.2, 0.25) is 0 Å². The number of hydrogen-bond acceptors (Lipinski definition) is 3. The fraction of sp³-hybridized carbons (Fsp3) is 0.846. The van der Waals surface area contributed by atoms with Gasteiger partial charge in [-0.2, -0.15) is 0 Å². The van der Waals surface area contributed by atoms with Crippen molar-refractivity contribution >= 4 is 12.0 Å². The lowest BCUT2D eigenvalue weighted by molar-refractivity contribution is -0.141. The molecule has 1 N–H and O–H groups in total. The summed E-state index contributed by atoms with van der Waals surface area (Å²) in [6.07, 6.45) is 0. The lowest BCUT2D eigenvalue weighted by atomic mass is 10.2. The second-order valence-corrected chi connectivity index (χ2v) is 5.24. The van der Waals surface area contributed by atoms with Gasteiger partial charge in [-0.15, -0.1) is 0 Å². The number of aliphatic carboxylic acids is 1. The van der Waals surface area contributed by atoms with Crippen molar-refractivity contribution in [1.29, 1.82) is 0 Å². The fourth-order valence-corrected chi connectivity index (χ4v) is 1.72. The van der Waals surface area contributed by atoms with Crippen LogP contribution in [0.25, 0.3) is 0 Å². The van der Waals surface area contributed by atoms with Crippen molar-refractivity contribution in [3.63, 3.8) is 0 Å². The largest absolute Gasteiger partial charge is 0.481 e. The molecule has 0 aromatic rings. The molecule has 112 valence electrons. The van der Waals surface area contributed by atoms with E-state index in [1.165, 1.54) is 4.90 Å². The number of carbonyl (C=O) groups excluding carboxylic acids is 1. The van der Waals surface area contributed by atoms with E-state index >= 15 is 0 Å². The molecule has 6 heteroatoms. The van der Waals surface area contributed by atoms with Crippen molar-refractivity contribution in [2.75, 3.05) is 40.4 Å². The van der Waals surface area contributed by atoms with Crippen molar-refractivity contribution in [3.05, 3.63) is 0 Å². The maximum absolute atomic E-state index is 12.2. The first kappa shape index (κ1) is 17.7. The van der Waals surface area contributed by atoms with Gasteiger partial charge in [0.15, 0.2) is 0 Å². The molecule has 0 spiro atoms. The van der Waals surface area contributed by atoms with Gasteiger partial charge in [0.2, 0.25) is 0 Å². The molecule has 1 atom stereocenters. The topological polar surface area (TPSA) is 70.1 Å². The van der Waals surface area contributed by atoms with Crippen molar-refractivity contribution in [3.8, 4) is 0 Å². The minimum atomic E-state index is -0.896. The summed E-state index contributed by atoms with van der Waals surface area (Å²) >= 11 is 0. The van der Waals surface area contributed by atoms with E-state index in [0.29, 0.717) is 25.6 Å². The van der Waals surface area contributed by atoms with Crippen molar-refractivity contribution < 1.29 is 19.4 Å². The molecule has 2 amide bonds. The smallest absolute Gasteiger partial charge is 0.319 e. The summed E-state index contributed by atoms with van der Waals surface area (Å²) in [4.78, 5) is 26.2. The van der Waals surface area contributed by atoms with Crippen LogP contribution in [0.1, 0.15) is 20.8 Å². The number of amides is 2. The molecule has 0 aromatic carbocycles. The van der Waals surface area contributed by atoms with E-state index in [0.717, 1.165) is 0 Å². The van der Waals surface area contributed by atoms with E-state index < -0.39 is 11.9 Å². The summed E-state index contributed by atoms with van der Waals surface area (Å²) in [6.45, 7) is 7.48. The summed E-state index contributed by atoms with van der Waals surface area (Å²) in [5.74, 6) is -1.12. The van der Waals surface area contributed by atoms with Gasteiger partial charge in [0, 0.05) is 33.8 Å². The summed E-state index contributed by atoms with van der Waals surface area (Å²) < 4.78 is 5.00. The highest BCUT2D eigenvalue weighted by molar-refractivity contribution is 5.75. The van der Waals surface area contributed by atoms with Gasteiger partial charge < -0.3 is 19.6 Å². The molecule has 0 aromatic heterocycles. The normalized spacial score (nSPS) is 12.3. The van der Waals surface area contributed by atoms with Crippen LogP contribution in [0, 0.1) is 11.8 Å². The first-order valence-corrected chi connectivity index (χ1v) is 6.51. The first-order valence-electron chi connectivity index (χ1n) is 6.51. The summed E-state index contributed by atoms with van der Waals surface area (Å²) in [6, 6.07) is -0.154. The monoisotopic (exact) mass is 274 g/mol. The van der Waals surface area contributed by atoms with Crippen LogP contribution < -0.4 is 0 Å². The molecule has 0 rings (SSSR count). The van der Waals surface area contributed by atoms with Crippen LogP contribution in [-0.2, 0) is 9.53 Å². The lowest BCUT2D eigenvalue weighted by Gasteiger charge is -2.30. The van der Waals surface area contributed by atoms with Gasteiger partial charge in [0.05, 0.1) is 12.5 Å². The molecule has 0 heterocycles. The minimum Gasteiger partial charge on any atom is -0.481 e. The van der Waals surface area contributed by atoms with Gasteiger partial charge in [-0.1, -0.05) is 20.8 Å². The van der Waals surface area contributed by atoms with Crippen LogP contribution in [0.15, 0.2) is 0 Å². The Kier molecular flexibility index (Phi) is 8.14. The molecular weight excluding hydrogens is 248 g/mol. The predicted molar refractivity (Wildman–Crippen MR) is 73.1 cm³/mol. The number of rotatable bonds is 8. The molecule has 0 bridgehead atoms. The molecule has 19 heavy (non-hydrogen) atoms. The molecule has 0 aliphatic rings. The van der Waals surface area contributed by atoms with Crippen LogP contribution in [0.5, 0.6) is 0 Å². The van der Waals surface area contributed by atoms with Crippen molar-refractivity contribution in [2.24, 2.45) is 11.8 Å². The quantitative estimate of drug-likeness (QED) is 0.725. The van der Waals surface area contributed by atoms with Gasteiger partial charge in [-0.25, -0.2) is 4.79 Å². The van der Waals surface area contributed by atoms with E-state index in [4.69, 9.17) is 9.84 Å². The van der Waals surface area contributed by atoms with Gasteiger partial charge in [0.1, 0.15) is 0 Å². The van der Waals surface area contributed by atoms with E-state index in [1.807, 2.05) is 13.8 Å². The van der Waals surface area contributed by atoms with Crippen LogP contribution >= 0.6 is 0 Å². The Hall–Kier alpha value is -1.30.